The number of H-pyrrole nitrogens is 2. The van der Waals surface area contributed by atoms with Crippen LogP contribution in [0.1, 0.15) is 11.4 Å². The molecule has 6 nitrogen and oxygen atoms in total. The second-order valence-electron chi connectivity index (χ2n) is 4.10. The molecule has 0 saturated heterocycles. The molecule has 92 valence electrons. The average molecular weight is 244 g/mol. The SMILES string of the molecule is Cc1[nH]nc(CN)c1-c1ccc2[nH]c(=O)oc2c1. The summed E-state index contributed by atoms with van der Waals surface area (Å²) >= 11 is 0. The van der Waals surface area contributed by atoms with Gasteiger partial charge >= 0.3 is 5.76 Å². The van der Waals surface area contributed by atoms with Crippen molar-refractivity contribution in [3.05, 3.63) is 40.1 Å². The first-order valence-corrected chi connectivity index (χ1v) is 5.56. The zero-order valence-corrected chi connectivity index (χ0v) is 9.78. The van der Waals surface area contributed by atoms with E-state index in [2.05, 4.69) is 15.2 Å². The molecule has 0 bridgehead atoms. The highest BCUT2D eigenvalue weighted by Gasteiger charge is 2.12. The van der Waals surface area contributed by atoms with Gasteiger partial charge in [0.25, 0.3) is 0 Å². The zero-order valence-electron chi connectivity index (χ0n) is 9.78. The van der Waals surface area contributed by atoms with Gasteiger partial charge < -0.3 is 10.2 Å². The summed E-state index contributed by atoms with van der Waals surface area (Å²) < 4.78 is 5.05. The zero-order chi connectivity index (χ0) is 12.7. The fourth-order valence-electron chi connectivity index (χ4n) is 2.11. The lowest BCUT2D eigenvalue weighted by molar-refractivity contribution is 0.555. The highest BCUT2D eigenvalue weighted by Crippen LogP contribution is 2.27. The van der Waals surface area contributed by atoms with Crippen LogP contribution >= 0.6 is 0 Å². The maximum Gasteiger partial charge on any atom is 0.417 e. The topological polar surface area (TPSA) is 101 Å². The molecule has 18 heavy (non-hydrogen) atoms. The van der Waals surface area contributed by atoms with Gasteiger partial charge in [-0.1, -0.05) is 6.07 Å². The van der Waals surface area contributed by atoms with Gasteiger partial charge in [-0.25, -0.2) is 4.79 Å². The van der Waals surface area contributed by atoms with Crippen LogP contribution in [0.15, 0.2) is 27.4 Å². The first-order chi connectivity index (χ1) is 8.69. The Hall–Kier alpha value is -2.34. The number of nitrogens with two attached hydrogens (primary N) is 1. The molecule has 0 fully saturated rings. The third-order valence-electron chi connectivity index (χ3n) is 2.93. The van der Waals surface area contributed by atoms with Crippen molar-refractivity contribution in [2.45, 2.75) is 13.5 Å². The largest absolute Gasteiger partial charge is 0.417 e. The van der Waals surface area contributed by atoms with Crippen LogP contribution in [-0.4, -0.2) is 15.2 Å². The third kappa shape index (κ3) is 1.54. The number of nitrogens with one attached hydrogen (secondary N) is 2. The van der Waals surface area contributed by atoms with Crippen molar-refractivity contribution in [2.75, 3.05) is 0 Å². The monoisotopic (exact) mass is 244 g/mol. The van der Waals surface area contributed by atoms with Crippen LogP contribution in [-0.2, 0) is 6.54 Å². The molecule has 0 atom stereocenters. The molecule has 3 aromatic rings. The number of aromatic nitrogens is 3. The van der Waals surface area contributed by atoms with E-state index in [0.717, 1.165) is 22.5 Å². The van der Waals surface area contributed by atoms with Crippen molar-refractivity contribution in [3.63, 3.8) is 0 Å². The predicted molar refractivity (Wildman–Crippen MR) is 67.0 cm³/mol. The van der Waals surface area contributed by atoms with E-state index in [1.165, 1.54) is 0 Å². The molecule has 2 heterocycles. The minimum atomic E-state index is -0.454. The van der Waals surface area contributed by atoms with Crippen molar-refractivity contribution in [1.82, 2.24) is 15.2 Å². The molecule has 0 unspecified atom stereocenters. The highest BCUT2D eigenvalue weighted by molar-refractivity contribution is 5.81. The number of aromatic amines is 2. The molecule has 2 aromatic heterocycles. The third-order valence-corrected chi connectivity index (χ3v) is 2.93. The Morgan fingerprint density at radius 3 is 3.06 bits per heavy atom. The van der Waals surface area contributed by atoms with Crippen LogP contribution < -0.4 is 11.5 Å². The lowest BCUT2D eigenvalue weighted by atomic mass is 10.0. The Kier molecular flexibility index (Phi) is 2.31. The van der Waals surface area contributed by atoms with E-state index in [1.807, 2.05) is 25.1 Å². The fraction of sp³-hybridized carbons (Fsp3) is 0.167. The van der Waals surface area contributed by atoms with E-state index in [-0.39, 0.29) is 0 Å². The second-order valence-corrected chi connectivity index (χ2v) is 4.10. The Morgan fingerprint density at radius 2 is 2.28 bits per heavy atom. The van der Waals surface area contributed by atoms with Gasteiger partial charge in [-0.2, -0.15) is 5.10 Å². The maximum atomic E-state index is 11.1. The Morgan fingerprint density at radius 1 is 1.44 bits per heavy atom. The van der Waals surface area contributed by atoms with Gasteiger partial charge in [0.15, 0.2) is 5.58 Å². The van der Waals surface area contributed by atoms with Crippen LogP contribution in [0.4, 0.5) is 0 Å². The van der Waals surface area contributed by atoms with Crippen LogP contribution in [0.2, 0.25) is 0 Å². The quantitative estimate of drug-likeness (QED) is 0.632. The van der Waals surface area contributed by atoms with Crippen LogP contribution in [0, 0.1) is 6.92 Å². The van der Waals surface area contributed by atoms with Crippen molar-refractivity contribution in [2.24, 2.45) is 5.73 Å². The smallest absolute Gasteiger partial charge is 0.408 e. The van der Waals surface area contributed by atoms with E-state index in [9.17, 15) is 4.79 Å². The number of hydrogen-bond acceptors (Lipinski definition) is 4. The molecular weight excluding hydrogens is 232 g/mol. The van der Waals surface area contributed by atoms with E-state index in [0.29, 0.717) is 17.6 Å². The summed E-state index contributed by atoms with van der Waals surface area (Å²) in [5.41, 5.74) is 10.5. The molecule has 4 N–H and O–H groups in total. The first kappa shape index (κ1) is 10.8. The first-order valence-electron chi connectivity index (χ1n) is 5.56. The van der Waals surface area contributed by atoms with Crippen molar-refractivity contribution in [3.8, 4) is 11.1 Å². The standard InChI is InChI=1S/C12H12N4O2/c1-6-11(9(5-13)16-15-6)7-2-3-8-10(4-7)18-12(17)14-8/h2-4H,5,13H2,1H3,(H,14,17)(H,15,16). The Labute approximate surface area is 102 Å². The number of hydrogen-bond donors (Lipinski definition) is 3. The summed E-state index contributed by atoms with van der Waals surface area (Å²) in [7, 11) is 0. The molecule has 1 aromatic carbocycles. The average Bonchev–Trinajstić information content (AvgIpc) is 2.89. The molecule has 0 aliphatic carbocycles. The molecule has 0 saturated carbocycles. The van der Waals surface area contributed by atoms with Crippen LogP contribution in [0.25, 0.3) is 22.2 Å². The van der Waals surface area contributed by atoms with Gasteiger partial charge in [-0.3, -0.25) is 10.1 Å². The Bertz CT molecular complexity index is 766. The van der Waals surface area contributed by atoms with Crippen molar-refractivity contribution >= 4 is 11.1 Å². The van der Waals surface area contributed by atoms with Gasteiger partial charge in [0.1, 0.15) is 0 Å². The second kappa shape index (κ2) is 3.85. The predicted octanol–water partition coefficient (Wildman–Crippen LogP) is 1.28. The molecule has 0 aliphatic rings. The summed E-state index contributed by atoms with van der Waals surface area (Å²) in [4.78, 5) is 13.7. The number of fused-ring (bicyclic) bond motifs is 1. The maximum absolute atomic E-state index is 11.1. The van der Waals surface area contributed by atoms with E-state index >= 15 is 0 Å². The van der Waals surface area contributed by atoms with Crippen molar-refractivity contribution in [1.29, 1.82) is 0 Å². The number of benzene rings is 1. The van der Waals surface area contributed by atoms with Gasteiger partial charge in [0.05, 0.1) is 11.2 Å². The summed E-state index contributed by atoms with van der Waals surface area (Å²) in [6.07, 6.45) is 0. The van der Waals surface area contributed by atoms with Gasteiger partial charge in [0.2, 0.25) is 0 Å². The van der Waals surface area contributed by atoms with Gasteiger partial charge in [-0.15, -0.1) is 0 Å². The lowest BCUT2D eigenvalue weighted by Crippen LogP contribution is -1.98. The van der Waals surface area contributed by atoms with Gasteiger partial charge in [-0.05, 0) is 24.6 Å². The van der Waals surface area contributed by atoms with Crippen LogP contribution in [0.5, 0.6) is 0 Å². The summed E-state index contributed by atoms with van der Waals surface area (Å²) in [6, 6.07) is 5.53. The molecule has 3 rings (SSSR count). The summed E-state index contributed by atoms with van der Waals surface area (Å²) in [5.74, 6) is -0.454. The normalized spacial score (nSPS) is 11.2. The van der Waals surface area contributed by atoms with E-state index in [4.69, 9.17) is 10.2 Å². The minimum Gasteiger partial charge on any atom is -0.408 e. The molecule has 0 radical (unpaired) electrons. The molecule has 6 heteroatoms. The molecule has 0 amide bonds. The minimum absolute atomic E-state index is 0.356. The highest BCUT2D eigenvalue weighted by atomic mass is 16.4. The lowest BCUT2D eigenvalue weighted by Gasteiger charge is -2.02. The number of aryl methyl sites for hydroxylation is 1. The number of nitrogens with zero attached hydrogens (tertiary/aromatic N) is 1. The van der Waals surface area contributed by atoms with Gasteiger partial charge in [0, 0.05) is 17.8 Å². The summed E-state index contributed by atoms with van der Waals surface area (Å²) in [6.45, 7) is 2.29. The summed E-state index contributed by atoms with van der Waals surface area (Å²) in [5, 5.41) is 7.06. The molecule has 0 aliphatic heterocycles. The van der Waals surface area contributed by atoms with E-state index < -0.39 is 5.76 Å². The molecule has 0 spiro atoms. The fourth-order valence-corrected chi connectivity index (χ4v) is 2.11. The Balaban J connectivity index is 2.24. The number of oxazole rings is 1. The number of rotatable bonds is 2. The van der Waals surface area contributed by atoms with Crippen LogP contribution in [0.3, 0.4) is 0 Å². The van der Waals surface area contributed by atoms with E-state index in [1.54, 1.807) is 0 Å². The molecular formula is C12H12N4O2. The van der Waals surface area contributed by atoms with Crippen molar-refractivity contribution < 1.29 is 4.42 Å².